The number of hydrogen-bond acceptors (Lipinski definition) is 3. The van der Waals surface area contributed by atoms with Crippen LogP contribution in [0, 0.1) is 6.92 Å². The van der Waals surface area contributed by atoms with E-state index in [4.69, 9.17) is 0 Å². The van der Waals surface area contributed by atoms with Crippen molar-refractivity contribution < 1.29 is 4.79 Å². The molecule has 0 aliphatic rings. The van der Waals surface area contributed by atoms with Gasteiger partial charge in [-0.05, 0) is 37.3 Å². The van der Waals surface area contributed by atoms with Gasteiger partial charge in [-0.3, -0.25) is 14.8 Å². The van der Waals surface area contributed by atoms with E-state index in [1.165, 1.54) is 0 Å². The lowest BCUT2D eigenvalue weighted by Crippen LogP contribution is -2.14. The van der Waals surface area contributed by atoms with Gasteiger partial charge >= 0.3 is 0 Å². The van der Waals surface area contributed by atoms with E-state index in [9.17, 15) is 4.79 Å². The quantitative estimate of drug-likeness (QED) is 0.767. The average molecular weight is 342 g/mol. The predicted molar refractivity (Wildman–Crippen MR) is 86.4 cm³/mol. The van der Waals surface area contributed by atoms with Gasteiger partial charge in [0.25, 0.3) is 5.91 Å². The minimum Gasteiger partial charge on any atom is -0.322 e. The molecule has 1 N–H and O–H groups in total. The first-order valence-corrected chi connectivity index (χ1v) is 7.21. The van der Waals surface area contributed by atoms with Gasteiger partial charge in [0.15, 0.2) is 0 Å². The molecule has 0 radical (unpaired) electrons. The standard InChI is InChI=1S/C16H12BrN3O/c1-10-14(7-11-9-18-6-5-15(11)19-10)16(21)20-13-4-2-3-12(17)8-13/h2-9H,1H3,(H,20,21). The fourth-order valence-corrected chi connectivity index (χ4v) is 2.51. The van der Waals surface area contributed by atoms with Crippen LogP contribution < -0.4 is 5.32 Å². The second-order valence-corrected chi connectivity index (χ2v) is 5.57. The van der Waals surface area contributed by atoms with Crippen molar-refractivity contribution in [1.29, 1.82) is 0 Å². The molecular weight excluding hydrogens is 330 g/mol. The zero-order valence-corrected chi connectivity index (χ0v) is 12.9. The smallest absolute Gasteiger partial charge is 0.257 e. The maximum Gasteiger partial charge on any atom is 0.257 e. The molecular formula is C16H12BrN3O. The third kappa shape index (κ3) is 2.92. The minimum atomic E-state index is -0.177. The highest BCUT2D eigenvalue weighted by Crippen LogP contribution is 2.19. The van der Waals surface area contributed by atoms with Crippen molar-refractivity contribution in [3.8, 4) is 0 Å². The highest BCUT2D eigenvalue weighted by molar-refractivity contribution is 9.10. The van der Waals surface area contributed by atoms with Gasteiger partial charge in [0.05, 0.1) is 16.8 Å². The fraction of sp³-hybridized carbons (Fsp3) is 0.0625. The SMILES string of the molecule is Cc1nc2ccncc2cc1C(=O)Nc1cccc(Br)c1. The summed E-state index contributed by atoms with van der Waals surface area (Å²) in [5.41, 5.74) is 2.82. The zero-order chi connectivity index (χ0) is 14.8. The number of aromatic nitrogens is 2. The zero-order valence-electron chi connectivity index (χ0n) is 11.3. The average Bonchev–Trinajstić information content (AvgIpc) is 2.46. The number of carbonyl (C=O) groups excluding carboxylic acids is 1. The molecule has 0 aliphatic carbocycles. The summed E-state index contributed by atoms with van der Waals surface area (Å²) in [5, 5.41) is 3.72. The van der Waals surface area contributed by atoms with Gasteiger partial charge in [-0.2, -0.15) is 0 Å². The first kappa shape index (κ1) is 13.7. The molecule has 0 spiro atoms. The second-order valence-electron chi connectivity index (χ2n) is 4.65. The van der Waals surface area contributed by atoms with Gasteiger partial charge in [-0.25, -0.2) is 0 Å². The van der Waals surface area contributed by atoms with Crippen molar-refractivity contribution in [3.05, 3.63) is 64.5 Å². The van der Waals surface area contributed by atoms with Crippen molar-refractivity contribution in [3.63, 3.8) is 0 Å². The topological polar surface area (TPSA) is 54.9 Å². The Bertz CT molecular complexity index is 833. The van der Waals surface area contributed by atoms with E-state index in [2.05, 4.69) is 31.2 Å². The second kappa shape index (κ2) is 5.61. The van der Waals surface area contributed by atoms with Crippen LogP contribution >= 0.6 is 15.9 Å². The molecule has 1 amide bonds. The Morgan fingerprint density at radius 2 is 2.10 bits per heavy atom. The molecule has 4 nitrogen and oxygen atoms in total. The molecule has 0 saturated heterocycles. The summed E-state index contributed by atoms with van der Waals surface area (Å²) in [6.45, 7) is 1.83. The largest absolute Gasteiger partial charge is 0.322 e. The van der Waals surface area contributed by atoms with E-state index >= 15 is 0 Å². The van der Waals surface area contributed by atoms with E-state index in [0.717, 1.165) is 21.1 Å². The van der Waals surface area contributed by atoms with Crippen LogP contribution in [0.4, 0.5) is 5.69 Å². The number of nitrogens with one attached hydrogen (secondary N) is 1. The predicted octanol–water partition coefficient (Wildman–Crippen LogP) is 3.95. The van der Waals surface area contributed by atoms with Crippen molar-refractivity contribution in [2.24, 2.45) is 0 Å². The Labute approximate surface area is 130 Å². The summed E-state index contributed by atoms with van der Waals surface area (Å²) in [7, 11) is 0. The van der Waals surface area contributed by atoms with Crippen LogP contribution in [0.25, 0.3) is 10.9 Å². The molecule has 0 bridgehead atoms. The van der Waals surface area contributed by atoms with Gasteiger partial charge in [-0.1, -0.05) is 22.0 Å². The lowest BCUT2D eigenvalue weighted by atomic mass is 10.1. The molecule has 2 heterocycles. The highest BCUT2D eigenvalue weighted by atomic mass is 79.9. The first-order valence-electron chi connectivity index (χ1n) is 6.42. The maximum absolute atomic E-state index is 12.4. The van der Waals surface area contributed by atoms with E-state index in [0.29, 0.717) is 11.3 Å². The van der Waals surface area contributed by atoms with Gasteiger partial charge in [0.2, 0.25) is 0 Å². The van der Waals surface area contributed by atoms with Crippen molar-refractivity contribution >= 4 is 38.4 Å². The molecule has 21 heavy (non-hydrogen) atoms. The van der Waals surface area contributed by atoms with E-state index in [1.807, 2.05) is 43.3 Å². The highest BCUT2D eigenvalue weighted by Gasteiger charge is 2.12. The first-order chi connectivity index (χ1) is 10.1. The van der Waals surface area contributed by atoms with Gasteiger partial charge in [0, 0.05) is 27.9 Å². The van der Waals surface area contributed by atoms with E-state index in [1.54, 1.807) is 12.4 Å². The van der Waals surface area contributed by atoms with Crippen molar-refractivity contribution in [2.75, 3.05) is 5.32 Å². The summed E-state index contributed by atoms with van der Waals surface area (Å²) in [5.74, 6) is -0.177. The minimum absolute atomic E-state index is 0.177. The number of nitrogens with zero attached hydrogens (tertiary/aromatic N) is 2. The molecule has 3 aromatic rings. The molecule has 0 saturated carbocycles. The number of carbonyl (C=O) groups is 1. The Morgan fingerprint density at radius 1 is 1.24 bits per heavy atom. The van der Waals surface area contributed by atoms with Crippen LogP contribution in [0.1, 0.15) is 16.1 Å². The summed E-state index contributed by atoms with van der Waals surface area (Å²) < 4.78 is 0.915. The Kier molecular flexibility index (Phi) is 3.66. The molecule has 2 aromatic heterocycles. The van der Waals surface area contributed by atoms with E-state index < -0.39 is 0 Å². The number of hydrogen-bond donors (Lipinski definition) is 1. The molecule has 0 fully saturated rings. The molecule has 0 unspecified atom stereocenters. The molecule has 1 aromatic carbocycles. The van der Waals surface area contributed by atoms with Crippen molar-refractivity contribution in [2.45, 2.75) is 6.92 Å². The van der Waals surface area contributed by atoms with Crippen LogP contribution in [0.3, 0.4) is 0 Å². The van der Waals surface area contributed by atoms with Crippen LogP contribution in [0.15, 0.2) is 53.3 Å². The van der Waals surface area contributed by atoms with Gasteiger partial charge < -0.3 is 5.32 Å². The van der Waals surface area contributed by atoms with Crippen LogP contribution in [-0.2, 0) is 0 Å². The number of fused-ring (bicyclic) bond motifs is 1. The molecule has 3 rings (SSSR count). The number of aryl methyl sites for hydroxylation is 1. The molecule has 0 atom stereocenters. The third-order valence-electron chi connectivity index (χ3n) is 3.13. The summed E-state index contributed by atoms with van der Waals surface area (Å²) in [4.78, 5) is 20.9. The normalized spacial score (nSPS) is 10.6. The maximum atomic E-state index is 12.4. The molecule has 0 aliphatic heterocycles. The van der Waals surface area contributed by atoms with Crippen LogP contribution in [0.5, 0.6) is 0 Å². The number of rotatable bonds is 2. The monoisotopic (exact) mass is 341 g/mol. The lowest BCUT2D eigenvalue weighted by molar-refractivity contribution is 0.102. The number of pyridine rings is 2. The van der Waals surface area contributed by atoms with Crippen LogP contribution in [-0.4, -0.2) is 15.9 Å². The number of halogens is 1. The Morgan fingerprint density at radius 3 is 2.90 bits per heavy atom. The fourth-order valence-electron chi connectivity index (χ4n) is 2.11. The van der Waals surface area contributed by atoms with Gasteiger partial charge in [-0.15, -0.1) is 0 Å². The summed E-state index contributed by atoms with van der Waals surface area (Å²) >= 11 is 3.38. The van der Waals surface area contributed by atoms with E-state index in [-0.39, 0.29) is 5.91 Å². The lowest BCUT2D eigenvalue weighted by Gasteiger charge is -2.09. The Hall–Kier alpha value is -2.27. The van der Waals surface area contributed by atoms with Gasteiger partial charge in [0.1, 0.15) is 0 Å². The number of benzene rings is 1. The number of amides is 1. The van der Waals surface area contributed by atoms with Crippen LogP contribution in [0.2, 0.25) is 0 Å². The third-order valence-corrected chi connectivity index (χ3v) is 3.63. The van der Waals surface area contributed by atoms with Crippen molar-refractivity contribution in [1.82, 2.24) is 9.97 Å². The number of anilines is 1. The summed E-state index contributed by atoms with van der Waals surface area (Å²) in [6, 6.07) is 11.1. The summed E-state index contributed by atoms with van der Waals surface area (Å²) in [6.07, 6.45) is 3.40. The molecule has 104 valence electrons. The Balaban J connectivity index is 1.96. The molecule has 5 heteroatoms.